The predicted octanol–water partition coefficient (Wildman–Crippen LogP) is 3.38. The van der Waals surface area contributed by atoms with Crippen LogP contribution in [0.4, 0.5) is 0 Å². The van der Waals surface area contributed by atoms with Crippen molar-refractivity contribution in [3.63, 3.8) is 0 Å². The lowest BCUT2D eigenvalue weighted by Crippen LogP contribution is -2.37. The van der Waals surface area contributed by atoms with Gasteiger partial charge in [-0.25, -0.2) is 4.98 Å². The standard InChI is InChI=1S/C24H27N5O2S/c1-15-8-11-32-21(15)14-28-10-7-19-18(13-28)23(30)27-22(26-19)20-4-3-9-29(20)24(31)17-6-5-16(2)25-12-17/h5-6,8,11-12,20H,3-4,7,9-10,13-14H2,1-2H3,(H,26,27,30). The highest BCUT2D eigenvalue weighted by molar-refractivity contribution is 7.10. The molecular weight excluding hydrogens is 422 g/mol. The molecule has 1 saturated heterocycles. The van der Waals surface area contributed by atoms with Crippen molar-refractivity contribution in [1.29, 1.82) is 0 Å². The molecule has 1 amide bonds. The van der Waals surface area contributed by atoms with E-state index >= 15 is 0 Å². The number of thiophene rings is 1. The van der Waals surface area contributed by atoms with Gasteiger partial charge in [0.05, 0.1) is 22.9 Å². The molecule has 0 aromatic carbocycles. The molecule has 0 aliphatic carbocycles. The van der Waals surface area contributed by atoms with Crippen LogP contribution < -0.4 is 5.56 Å². The molecule has 1 fully saturated rings. The van der Waals surface area contributed by atoms with Crippen molar-refractivity contribution in [2.45, 2.75) is 52.2 Å². The van der Waals surface area contributed by atoms with E-state index in [1.807, 2.05) is 24.0 Å². The molecular formula is C24H27N5O2S. The Hall–Kier alpha value is -2.84. The van der Waals surface area contributed by atoms with Crippen molar-refractivity contribution < 1.29 is 4.79 Å². The first-order chi connectivity index (χ1) is 15.5. The molecule has 0 radical (unpaired) electrons. The van der Waals surface area contributed by atoms with Gasteiger partial charge in [0.25, 0.3) is 11.5 Å². The summed E-state index contributed by atoms with van der Waals surface area (Å²) in [6.07, 6.45) is 4.07. The van der Waals surface area contributed by atoms with Gasteiger partial charge in [-0.05, 0) is 55.8 Å². The number of nitrogens with one attached hydrogen (secondary N) is 1. The number of nitrogens with zero attached hydrogens (tertiary/aromatic N) is 4. The third kappa shape index (κ3) is 4.00. The zero-order chi connectivity index (χ0) is 22.2. The number of aromatic nitrogens is 3. The number of aryl methyl sites for hydroxylation is 2. The summed E-state index contributed by atoms with van der Waals surface area (Å²) in [6, 6.07) is 5.60. The van der Waals surface area contributed by atoms with Crippen LogP contribution in [-0.2, 0) is 19.5 Å². The van der Waals surface area contributed by atoms with Gasteiger partial charge in [-0.1, -0.05) is 0 Å². The van der Waals surface area contributed by atoms with E-state index in [2.05, 4.69) is 33.2 Å². The van der Waals surface area contributed by atoms with Gasteiger partial charge < -0.3 is 9.88 Å². The van der Waals surface area contributed by atoms with Gasteiger partial charge in [-0.3, -0.25) is 19.5 Å². The van der Waals surface area contributed by atoms with Gasteiger partial charge in [0.1, 0.15) is 5.82 Å². The third-order valence-electron chi connectivity index (χ3n) is 6.49. The molecule has 1 unspecified atom stereocenters. The van der Waals surface area contributed by atoms with Crippen LogP contribution >= 0.6 is 11.3 Å². The van der Waals surface area contributed by atoms with E-state index in [9.17, 15) is 9.59 Å². The number of rotatable bonds is 4. The number of amides is 1. The lowest BCUT2D eigenvalue weighted by Gasteiger charge is -2.29. The first-order valence-corrected chi connectivity index (χ1v) is 12.0. The second kappa shape index (κ2) is 8.60. The van der Waals surface area contributed by atoms with Crippen molar-refractivity contribution in [3.8, 4) is 0 Å². The molecule has 3 aromatic rings. The predicted molar refractivity (Wildman–Crippen MR) is 124 cm³/mol. The van der Waals surface area contributed by atoms with Gasteiger partial charge in [0.2, 0.25) is 0 Å². The van der Waals surface area contributed by atoms with Crippen LogP contribution in [-0.4, -0.2) is 43.7 Å². The minimum absolute atomic E-state index is 0.0575. The summed E-state index contributed by atoms with van der Waals surface area (Å²) in [5, 5.41) is 2.12. The van der Waals surface area contributed by atoms with E-state index in [4.69, 9.17) is 4.98 Å². The quantitative estimate of drug-likeness (QED) is 0.660. The van der Waals surface area contributed by atoms with Gasteiger partial charge in [-0.2, -0.15) is 0 Å². The van der Waals surface area contributed by atoms with Crippen LogP contribution in [0.15, 0.2) is 34.6 Å². The van der Waals surface area contributed by atoms with E-state index in [1.165, 1.54) is 10.4 Å². The molecule has 0 saturated carbocycles. The molecule has 0 spiro atoms. The Morgan fingerprint density at radius 1 is 1.25 bits per heavy atom. The molecule has 7 nitrogen and oxygen atoms in total. The number of hydrogen-bond acceptors (Lipinski definition) is 6. The highest BCUT2D eigenvalue weighted by Crippen LogP contribution is 2.31. The molecule has 32 heavy (non-hydrogen) atoms. The summed E-state index contributed by atoms with van der Waals surface area (Å²) in [5.74, 6) is 0.556. The van der Waals surface area contributed by atoms with Crippen LogP contribution in [0.1, 0.15) is 62.5 Å². The number of likely N-dealkylation sites (tertiary alicyclic amines) is 1. The highest BCUT2D eigenvalue weighted by atomic mass is 32.1. The molecule has 1 atom stereocenters. The van der Waals surface area contributed by atoms with Gasteiger partial charge in [0, 0.05) is 49.4 Å². The molecule has 3 aromatic heterocycles. The number of hydrogen-bond donors (Lipinski definition) is 1. The van der Waals surface area contributed by atoms with Crippen LogP contribution in [0.5, 0.6) is 0 Å². The molecule has 2 aliphatic heterocycles. The average Bonchev–Trinajstić information content (AvgIpc) is 3.43. The van der Waals surface area contributed by atoms with Gasteiger partial charge in [0.15, 0.2) is 0 Å². The minimum atomic E-state index is -0.200. The molecule has 5 heterocycles. The molecule has 166 valence electrons. The highest BCUT2D eigenvalue weighted by Gasteiger charge is 2.33. The summed E-state index contributed by atoms with van der Waals surface area (Å²) in [4.78, 5) is 43.7. The lowest BCUT2D eigenvalue weighted by molar-refractivity contribution is 0.0728. The number of carbonyl (C=O) groups is 1. The monoisotopic (exact) mass is 449 g/mol. The Morgan fingerprint density at radius 3 is 2.88 bits per heavy atom. The summed E-state index contributed by atoms with van der Waals surface area (Å²) in [6.45, 7) is 7.04. The van der Waals surface area contributed by atoms with E-state index in [0.717, 1.165) is 49.3 Å². The maximum absolute atomic E-state index is 13.1. The van der Waals surface area contributed by atoms with Gasteiger partial charge in [-0.15, -0.1) is 11.3 Å². The van der Waals surface area contributed by atoms with Crippen LogP contribution in [0.2, 0.25) is 0 Å². The van der Waals surface area contributed by atoms with E-state index in [-0.39, 0.29) is 17.5 Å². The van der Waals surface area contributed by atoms with Crippen molar-refractivity contribution in [1.82, 2.24) is 24.8 Å². The second-order valence-electron chi connectivity index (χ2n) is 8.71. The Kier molecular flexibility index (Phi) is 5.65. The Balaban J connectivity index is 1.37. The van der Waals surface area contributed by atoms with Crippen molar-refractivity contribution in [2.75, 3.05) is 13.1 Å². The van der Waals surface area contributed by atoms with E-state index in [0.29, 0.717) is 24.5 Å². The maximum atomic E-state index is 13.1. The van der Waals surface area contributed by atoms with Crippen LogP contribution in [0, 0.1) is 13.8 Å². The van der Waals surface area contributed by atoms with E-state index in [1.54, 1.807) is 17.5 Å². The Morgan fingerprint density at radius 2 is 2.12 bits per heavy atom. The molecule has 0 bridgehead atoms. The number of carbonyl (C=O) groups excluding carboxylic acids is 1. The number of pyridine rings is 1. The first kappa shape index (κ1) is 21.0. The Bertz CT molecular complexity index is 1200. The summed E-state index contributed by atoms with van der Waals surface area (Å²) in [7, 11) is 0. The smallest absolute Gasteiger partial charge is 0.256 e. The molecule has 5 rings (SSSR count). The fourth-order valence-corrected chi connectivity index (χ4v) is 5.56. The number of aromatic amines is 1. The topological polar surface area (TPSA) is 82.2 Å². The molecule has 8 heteroatoms. The van der Waals surface area contributed by atoms with Crippen molar-refractivity contribution in [2.24, 2.45) is 0 Å². The molecule has 1 N–H and O–H groups in total. The lowest BCUT2D eigenvalue weighted by atomic mass is 10.1. The van der Waals surface area contributed by atoms with Crippen molar-refractivity contribution in [3.05, 3.63) is 78.9 Å². The molecule has 2 aliphatic rings. The second-order valence-corrected chi connectivity index (χ2v) is 9.71. The zero-order valence-corrected chi connectivity index (χ0v) is 19.2. The largest absolute Gasteiger partial charge is 0.328 e. The summed E-state index contributed by atoms with van der Waals surface area (Å²) >= 11 is 1.76. The average molecular weight is 450 g/mol. The summed E-state index contributed by atoms with van der Waals surface area (Å²) in [5.41, 5.74) is 4.31. The number of fused-ring (bicyclic) bond motifs is 1. The third-order valence-corrected chi connectivity index (χ3v) is 7.50. The fourth-order valence-electron chi connectivity index (χ4n) is 4.62. The summed E-state index contributed by atoms with van der Waals surface area (Å²) < 4.78 is 0. The fraction of sp³-hybridized carbons (Fsp3) is 0.417. The first-order valence-electron chi connectivity index (χ1n) is 11.1. The van der Waals surface area contributed by atoms with Crippen LogP contribution in [0.3, 0.4) is 0 Å². The van der Waals surface area contributed by atoms with Crippen LogP contribution in [0.25, 0.3) is 0 Å². The Labute approximate surface area is 191 Å². The van der Waals surface area contributed by atoms with E-state index < -0.39 is 0 Å². The zero-order valence-electron chi connectivity index (χ0n) is 18.4. The SMILES string of the molecule is Cc1ccc(C(=O)N2CCCC2c2nc3c(c(=O)[nH]2)CN(Cc2sccc2C)CC3)cn1. The van der Waals surface area contributed by atoms with Gasteiger partial charge >= 0.3 is 0 Å². The maximum Gasteiger partial charge on any atom is 0.256 e. The van der Waals surface area contributed by atoms with Crippen molar-refractivity contribution >= 4 is 17.2 Å². The number of H-pyrrole nitrogens is 1. The normalized spacial score (nSPS) is 18.7. The minimum Gasteiger partial charge on any atom is -0.328 e.